The van der Waals surface area contributed by atoms with Crippen LogP contribution in [0.15, 0.2) is 60.7 Å². The Labute approximate surface area is 99.1 Å². The van der Waals surface area contributed by atoms with Crippen molar-refractivity contribution < 1.29 is 21.3 Å². The fourth-order valence-electron chi connectivity index (χ4n) is 1.35. The molecule has 2 rings (SSSR count). The van der Waals surface area contributed by atoms with Gasteiger partial charge in [-0.25, -0.2) is 0 Å². The van der Waals surface area contributed by atoms with Gasteiger partial charge in [0.05, 0.1) is 0 Å². The van der Waals surface area contributed by atoms with E-state index in [9.17, 15) is 4.79 Å². The Hall–Kier alpha value is -1.40. The first kappa shape index (κ1) is 11.7. The van der Waals surface area contributed by atoms with Crippen molar-refractivity contribution in [3.63, 3.8) is 0 Å². The second-order valence-corrected chi connectivity index (χ2v) is 3.06. The Morgan fingerprint density at radius 1 is 0.667 bits per heavy atom. The fourth-order valence-corrected chi connectivity index (χ4v) is 1.35. The van der Waals surface area contributed by atoms with Crippen LogP contribution in [0.1, 0.15) is 15.9 Å². The van der Waals surface area contributed by atoms with Gasteiger partial charge in [0, 0.05) is 27.6 Å². The number of carbonyl (C=O) groups is 1. The summed E-state index contributed by atoms with van der Waals surface area (Å²) in [6.45, 7) is 0. The molecule has 0 saturated carbocycles. The quantitative estimate of drug-likeness (QED) is 0.583. The third kappa shape index (κ3) is 2.77. The average Bonchev–Trinajstić information content (AvgIpc) is 2.30. The number of carbonyl (C=O) groups excluding carboxylic acids is 1. The first-order chi connectivity index (χ1) is 6.88. The van der Waals surface area contributed by atoms with E-state index in [4.69, 9.17) is 0 Å². The van der Waals surface area contributed by atoms with Gasteiger partial charge in [0.15, 0.2) is 5.78 Å². The molecule has 2 heteroatoms. The summed E-state index contributed by atoms with van der Waals surface area (Å²) in [6, 6.07) is 18.6. The van der Waals surface area contributed by atoms with Crippen LogP contribution in [-0.4, -0.2) is 5.78 Å². The minimum Gasteiger partial charge on any atom is -0.289 e. The second kappa shape index (κ2) is 5.48. The summed E-state index contributed by atoms with van der Waals surface area (Å²) in [5.41, 5.74) is 1.47. The standard InChI is InChI=1S/C13H10O.Ni/c14-13(11-7-3-1-4-8-11)12-9-5-2-6-10-12;/h1-10H;. The van der Waals surface area contributed by atoms with E-state index in [0.29, 0.717) is 0 Å². The number of ketones is 1. The van der Waals surface area contributed by atoms with Gasteiger partial charge < -0.3 is 0 Å². The van der Waals surface area contributed by atoms with Gasteiger partial charge in [-0.2, -0.15) is 0 Å². The van der Waals surface area contributed by atoms with Crippen molar-refractivity contribution in [2.45, 2.75) is 0 Å². The maximum absolute atomic E-state index is 11.8. The SMILES string of the molecule is O=C(c1ccccc1)c1ccccc1.[Ni]. The molecule has 0 aliphatic heterocycles. The summed E-state index contributed by atoms with van der Waals surface area (Å²) in [4.78, 5) is 11.8. The zero-order valence-corrected chi connectivity index (χ0v) is 8.99. The second-order valence-electron chi connectivity index (χ2n) is 3.06. The van der Waals surface area contributed by atoms with Crippen LogP contribution in [0.4, 0.5) is 0 Å². The molecule has 0 bridgehead atoms. The van der Waals surface area contributed by atoms with Crippen LogP contribution in [0, 0.1) is 0 Å². The van der Waals surface area contributed by atoms with Crippen molar-refractivity contribution in [3.8, 4) is 0 Å². The van der Waals surface area contributed by atoms with E-state index in [1.54, 1.807) is 0 Å². The van der Waals surface area contributed by atoms with Crippen LogP contribution in [0.3, 0.4) is 0 Å². The van der Waals surface area contributed by atoms with Gasteiger partial charge >= 0.3 is 0 Å². The van der Waals surface area contributed by atoms with E-state index in [1.807, 2.05) is 60.7 Å². The molecule has 2 aromatic carbocycles. The van der Waals surface area contributed by atoms with Crippen molar-refractivity contribution in [2.24, 2.45) is 0 Å². The van der Waals surface area contributed by atoms with Gasteiger partial charge in [0.25, 0.3) is 0 Å². The molecule has 2 aromatic rings. The van der Waals surface area contributed by atoms with Crippen molar-refractivity contribution in [2.75, 3.05) is 0 Å². The van der Waals surface area contributed by atoms with Gasteiger partial charge in [-0.05, 0) is 0 Å². The molecule has 0 atom stereocenters. The molecule has 0 heterocycles. The topological polar surface area (TPSA) is 17.1 Å². The Morgan fingerprint density at radius 2 is 1.00 bits per heavy atom. The van der Waals surface area contributed by atoms with Gasteiger partial charge in [-0.1, -0.05) is 60.7 Å². The molecule has 1 nitrogen and oxygen atoms in total. The maximum Gasteiger partial charge on any atom is 0.193 e. The predicted molar refractivity (Wildman–Crippen MR) is 56.3 cm³/mol. The van der Waals surface area contributed by atoms with Crippen molar-refractivity contribution in [1.82, 2.24) is 0 Å². The summed E-state index contributed by atoms with van der Waals surface area (Å²) < 4.78 is 0. The van der Waals surface area contributed by atoms with Crippen molar-refractivity contribution in [1.29, 1.82) is 0 Å². The maximum atomic E-state index is 11.8. The molecule has 0 N–H and O–H groups in total. The molecule has 0 spiro atoms. The molecule has 0 saturated heterocycles. The molecule has 0 fully saturated rings. The third-order valence-corrected chi connectivity index (χ3v) is 2.07. The largest absolute Gasteiger partial charge is 0.289 e. The summed E-state index contributed by atoms with van der Waals surface area (Å²) in [5, 5.41) is 0. The van der Waals surface area contributed by atoms with Crippen molar-refractivity contribution in [3.05, 3.63) is 71.8 Å². The van der Waals surface area contributed by atoms with Gasteiger partial charge in [-0.3, -0.25) is 4.79 Å². The van der Waals surface area contributed by atoms with Crippen molar-refractivity contribution >= 4 is 5.78 Å². The molecular weight excluding hydrogens is 231 g/mol. The van der Waals surface area contributed by atoms with E-state index in [0.717, 1.165) is 11.1 Å². The molecule has 0 amide bonds. The molecular formula is C13H10NiO. The van der Waals surface area contributed by atoms with E-state index in [1.165, 1.54) is 0 Å². The first-order valence-electron chi connectivity index (χ1n) is 4.53. The molecule has 0 aliphatic rings. The zero-order valence-electron chi connectivity index (χ0n) is 8.00. The summed E-state index contributed by atoms with van der Waals surface area (Å²) >= 11 is 0. The van der Waals surface area contributed by atoms with E-state index < -0.39 is 0 Å². The summed E-state index contributed by atoms with van der Waals surface area (Å²) in [6.07, 6.45) is 0. The van der Waals surface area contributed by atoms with Gasteiger partial charge in [0.2, 0.25) is 0 Å². The molecule has 0 aliphatic carbocycles. The third-order valence-electron chi connectivity index (χ3n) is 2.07. The Balaban J connectivity index is 0.00000112. The number of hydrogen-bond donors (Lipinski definition) is 0. The summed E-state index contributed by atoms with van der Waals surface area (Å²) in [7, 11) is 0. The minimum atomic E-state index is 0. The van der Waals surface area contributed by atoms with Crippen LogP contribution in [-0.2, 0) is 16.5 Å². The monoisotopic (exact) mass is 240 g/mol. The number of rotatable bonds is 2. The number of hydrogen-bond acceptors (Lipinski definition) is 1. The van der Waals surface area contributed by atoms with Crippen LogP contribution in [0.25, 0.3) is 0 Å². The van der Waals surface area contributed by atoms with E-state index in [-0.39, 0.29) is 22.3 Å². The number of benzene rings is 2. The van der Waals surface area contributed by atoms with Crippen LogP contribution in [0.2, 0.25) is 0 Å². The average molecular weight is 241 g/mol. The normalized spacial score (nSPS) is 9.07. The Morgan fingerprint density at radius 3 is 1.33 bits per heavy atom. The first-order valence-corrected chi connectivity index (χ1v) is 4.53. The zero-order chi connectivity index (χ0) is 9.80. The predicted octanol–water partition coefficient (Wildman–Crippen LogP) is 2.92. The van der Waals surface area contributed by atoms with Gasteiger partial charge in [0.1, 0.15) is 0 Å². The molecule has 0 unspecified atom stereocenters. The molecule has 0 radical (unpaired) electrons. The Kier molecular flexibility index (Phi) is 4.26. The molecule has 78 valence electrons. The Bertz CT molecular complexity index is 381. The van der Waals surface area contributed by atoms with E-state index >= 15 is 0 Å². The molecule has 15 heavy (non-hydrogen) atoms. The smallest absolute Gasteiger partial charge is 0.193 e. The molecule has 0 aromatic heterocycles. The van der Waals surface area contributed by atoms with Gasteiger partial charge in [-0.15, -0.1) is 0 Å². The van der Waals surface area contributed by atoms with Crippen LogP contribution < -0.4 is 0 Å². The van der Waals surface area contributed by atoms with E-state index in [2.05, 4.69) is 0 Å². The minimum absolute atomic E-state index is 0. The fraction of sp³-hybridized carbons (Fsp3) is 0. The van der Waals surface area contributed by atoms with Crippen LogP contribution in [0.5, 0.6) is 0 Å². The summed E-state index contributed by atoms with van der Waals surface area (Å²) in [5.74, 6) is 0.0752. The van der Waals surface area contributed by atoms with Crippen LogP contribution >= 0.6 is 0 Å².